The van der Waals surface area contributed by atoms with Crippen molar-refractivity contribution in [3.8, 4) is 0 Å². The highest BCUT2D eigenvalue weighted by molar-refractivity contribution is 9.09. The van der Waals surface area contributed by atoms with Crippen molar-refractivity contribution in [3.05, 3.63) is 0 Å². The molecule has 0 aromatic heterocycles. The molecule has 0 spiro atoms. The van der Waals surface area contributed by atoms with Crippen LogP contribution < -0.4 is 0 Å². The van der Waals surface area contributed by atoms with Crippen LogP contribution in [0.25, 0.3) is 0 Å². The van der Waals surface area contributed by atoms with E-state index in [0.29, 0.717) is 0 Å². The Morgan fingerprint density at radius 1 is 1.44 bits per heavy atom. The van der Waals surface area contributed by atoms with Gasteiger partial charge < -0.3 is 0 Å². The van der Waals surface area contributed by atoms with Crippen molar-refractivity contribution in [1.29, 1.82) is 0 Å². The van der Waals surface area contributed by atoms with Gasteiger partial charge in [-0.15, -0.1) is 0 Å². The fourth-order valence-electron chi connectivity index (χ4n) is 1.77. The second-order valence-corrected chi connectivity index (χ2v) is 3.77. The average molecular weight is 191 g/mol. The summed E-state index contributed by atoms with van der Waals surface area (Å²) in [7, 11) is 0. The summed E-state index contributed by atoms with van der Waals surface area (Å²) >= 11 is 3.53. The summed E-state index contributed by atoms with van der Waals surface area (Å²) < 4.78 is 0. The average Bonchev–Trinajstić information content (AvgIpc) is 2.63. The van der Waals surface area contributed by atoms with Crippen molar-refractivity contribution >= 4 is 15.9 Å². The summed E-state index contributed by atoms with van der Waals surface area (Å²) in [5.41, 5.74) is 0.753. The van der Waals surface area contributed by atoms with Crippen LogP contribution in [0.15, 0.2) is 0 Å². The first kappa shape index (κ1) is 7.59. The Morgan fingerprint density at radius 2 is 2.00 bits per heavy atom. The summed E-state index contributed by atoms with van der Waals surface area (Å²) in [5.74, 6) is 0.993. The molecule has 1 saturated carbocycles. The van der Waals surface area contributed by atoms with Gasteiger partial charge in [-0.2, -0.15) is 0 Å². The predicted molar refractivity (Wildman–Crippen MR) is 44.9 cm³/mol. The molecule has 0 bridgehead atoms. The van der Waals surface area contributed by atoms with Crippen LogP contribution in [-0.4, -0.2) is 5.33 Å². The third kappa shape index (κ3) is 1.17. The van der Waals surface area contributed by atoms with Crippen LogP contribution in [0.3, 0.4) is 0 Å². The maximum absolute atomic E-state index is 3.53. The van der Waals surface area contributed by atoms with Gasteiger partial charge in [-0.3, -0.25) is 0 Å². The van der Waals surface area contributed by atoms with Crippen molar-refractivity contribution in [1.82, 2.24) is 0 Å². The van der Waals surface area contributed by atoms with Crippen molar-refractivity contribution < 1.29 is 0 Å². The lowest BCUT2D eigenvalue weighted by Gasteiger charge is -2.09. The molecule has 9 heavy (non-hydrogen) atoms. The molecule has 0 nitrogen and oxygen atoms in total. The molecule has 0 amide bonds. The van der Waals surface area contributed by atoms with Crippen molar-refractivity contribution in [2.24, 2.45) is 11.3 Å². The number of rotatable bonds is 3. The van der Waals surface area contributed by atoms with E-state index in [2.05, 4.69) is 29.8 Å². The molecule has 0 N–H and O–H groups in total. The van der Waals surface area contributed by atoms with Gasteiger partial charge >= 0.3 is 0 Å². The number of hydrogen-bond acceptors (Lipinski definition) is 0. The fourth-order valence-corrected chi connectivity index (χ4v) is 2.68. The predicted octanol–water partition coefficient (Wildman–Crippen LogP) is 3.21. The van der Waals surface area contributed by atoms with Crippen molar-refractivity contribution in [2.75, 3.05) is 5.33 Å². The lowest BCUT2D eigenvalue weighted by molar-refractivity contribution is 0.436. The second-order valence-electron chi connectivity index (χ2n) is 3.12. The van der Waals surface area contributed by atoms with E-state index in [9.17, 15) is 0 Å². The first-order valence-corrected chi connectivity index (χ1v) is 4.97. The lowest BCUT2D eigenvalue weighted by Crippen LogP contribution is -2.00. The Kier molecular flexibility index (Phi) is 2.20. The molecule has 1 aliphatic carbocycles. The van der Waals surface area contributed by atoms with Gasteiger partial charge in [-0.1, -0.05) is 42.6 Å². The monoisotopic (exact) mass is 190 g/mol. The Bertz CT molecular complexity index is 94.7. The van der Waals surface area contributed by atoms with E-state index >= 15 is 0 Å². The summed E-state index contributed by atoms with van der Waals surface area (Å²) in [6.45, 7) is 4.62. The highest BCUT2D eigenvalue weighted by atomic mass is 79.9. The van der Waals surface area contributed by atoms with E-state index in [1.165, 1.54) is 24.6 Å². The summed E-state index contributed by atoms with van der Waals surface area (Å²) in [5, 5.41) is 1.22. The first-order chi connectivity index (χ1) is 4.29. The molecule has 1 rings (SSSR count). The van der Waals surface area contributed by atoms with Gasteiger partial charge in [-0.25, -0.2) is 0 Å². The molecule has 0 saturated heterocycles. The molecule has 54 valence electrons. The first-order valence-electron chi connectivity index (χ1n) is 3.85. The minimum Gasteiger partial charge on any atom is -0.0925 e. The van der Waals surface area contributed by atoms with Crippen LogP contribution in [-0.2, 0) is 0 Å². The number of hydrogen-bond donors (Lipinski definition) is 0. The van der Waals surface area contributed by atoms with Gasteiger partial charge in [0.05, 0.1) is 0 Å². The maximum Gasteiger partial charge on any atom is 0.00651 e. The molecular weight excluding hydrogens is 176 g/mol. The minimum absolute atomic E-state index is 0.753. The Morgan fingerprint density at radius 3 is 2.11 bits per heavy atom. The molecule has 0 heterocycles. The standard InChI is InChI=1S/C8H15Br/c1-3-8(4-2)5-7(8)6-9/h7H,3-6H2,1-2H3. The van der Waals surface area contributed by atoms with E-state index in [1.54, 1.807) is 0 Å². The molecule has 1 fully saturated rings. The quantitative estimate of drug-likeness (QED) is 0.601. The normalized spacial score (nSPS) is 30.3. The zero-order valence-corrected chi connectivity index (χ0v) is 7.87. The summed E-state index contributed by atoms with van der Waals surface area (Å²) in [6.07, 6.45) is 4.21. The molecule has 1 unspecified atom stereocenters. The largest absolute Gasteiger partial charge is 0.0925 e. The zero-order chi connectivity index (χ0) is 6.91. The Labute approximate surface area is 66.2 Å². The van der Waals surface area contributed by atoms with E-state index < -0.39 is 0 Å². The molecule has 1 heteroatoms. The van der Waals surface area contributed by atoms with Gasteiger partial charge in [0.25, 0.3) is 0 Å². The number of alkyl halides is 1. The van der Waals surface area contributed by atoms with Crippen LogP contribution >= 0.6 is 15.9 Å². The van der Waals surface area contributed by atoms with Gasteiger partial charge in [0, 0.05) is 5.33 Å². The third-order valence-electron chi connectivity index (χ3n) is 2.95. The molecule has 0 aromatic rings. The Hall–Kier alpha value is 0.480. The van der Waals surface area contributed by atoms with Crippen LogP contribution in [0.2, 0.25) is 0 Å². The van der Waals surface area contributed by atoms with Crippen LogP contribution in [0.1, 0.15) is 33.1 Å². The SMILES string of the molecule is CCC1(CC)CC1CBr. The third-order valence-corrected chi connectivity index (χ3v) is 3.73. The maximum atomic E-state index is 3.53. The van der Waals surface area contributed by atoms with E-state index in [1.807, 2.05) is 0 Å². The fraction of sp³-hybridized carbons (Fsp3) is 1.00. The smallest absolute Gasteiger partial charge is 0.00651 e. The van der Waals surface area contributed by atoms with Crippen molar-refractivity contribution in [3.63, 3.8) is 0 Å². The van der Waals surface area contributed by atoms with E-state index in [-0.39, 0.29) is 0 Å². The van der Waals surface area contributed by atoms with Gasteiger partial charge in [-0.05, 0) is 17.8 Å². The summed E-state index contributed by atoms with van der Waals surface area (Å²) in [4.78, 5) is 0. The van der Waals surface area contributed by atoms with Crippen LogP contribution in [0.5, 0.6) is 0 Å². The van der Waals surface area contributed by atoms with Crippen LogP contribution in [0, 0.1) is 11.3 Å². The second kappa shape index (κ2) is 2.61. The molecular formula is C8H15Br. The molecule has 0 radical (unpaired) electrons. The van der Waals surface area contributed by atoms with Gasteiger partial charge in [0.1, 0.15) is 0 Å². The Balaban J connectivity index is 2.37. The van der Waals surface area contributed by atoms with Crippen LogP contribution in [0.4, 0.5) is 0 Å². The molecule has 0 aromatic carbocycles. The highest BCUT2D eigenvalue weighted by Crippen LogP contribution is 2.58. The van der Waals surface area contributed by atoms with E-state index in [0.717, 1.165) is 11.3 Å². The molecule has 1 aliphatic rings. The molecule has 1 atom stereocenters. The van der Waals surface area contributed by atoms with Gasteiger partial charge in [0.2, 0.25) is 0 Å². The van der Waals surface area contributed by atoms with Gasteiger partial charge in [0.15, 0.2) is 0 Å². The van der Waals surface area contributed by atoms with E-state index in [4.69, 9.17) is 0 Å². The topological polar surface area (TPSA) is 0 Å². The molecule has 0 aliphatic heterocycles. The lowest BCUT2D eigenvalue weighted by atomic mass is 9.98. The zero-order valence-electron chi connectivity index (χ0n) is 6.28. The minimum atomic E-state index is 0.753. The number of halogens is 1. The van der Waals surface area contributed by atoms with Crippen molar-refractivity contribution in [2.45, 2.75) is 33.1 Å². The highest BCUT2D eigenvalue weighted by Gasteiger charge is 2.49. The summed E-state index contributed by atoms with van der Waals surface area (Å²) in [6, 6.07) is 0.